The Labute approximate surface area is 484 Å². The molecule has 7 saturated heterocycles. The average Bonchev–Trinajstić information content (AvgIpc) is 1.50. The molecule has 0 aromatic heterocycles. The van der Waals surface area contributed by atoms with Gasteiger partial charge in [-0.25, -0.2) is 0 Å². The van der Waals surface area contributed by atoms with Gasteiger partial charge in [0.25, 0.3) is 0 Å². The second-order valence-corrected chi connectivity index (χ2v) is 26.3. The Kier molecular flexibility index (Phi) is 19.3. The lowest BCUT2D eigenvalue weighted by molar-refractivity contribution is -0.410. The van der Waals surface area contributed by atoms with Crippen LogP contribution in [0.3, 0.4) is 0 Å². The monoisotopic (exact) mass is 1210 g/mol. The first-order chi connectivity index (χ1) is 39.9. The van der Waals surface area contributed by atoms with Crippen LogP contribution in [0.2, 0.25) is 0 Å². The van der Waals surface area contributed by atoms with Gasteiger partial charge in [0.15, 0.2) is 37.2 Å². The molecule has 484 valence electrons. The molecule has 4 saturated carbocycles. The molecular formula is C55H90O29. The van der Waals surface area contributed by atoms with Crippen molar-refractivity contribution in [1.82, 2.24) is 0 Å². The van der Waals surface area contributed by atoms with Crippen LogP contribution >= 0.6 is 0 Å². The van der Waals surface area contributed by atoms with Crippen LogP contribution in [0.4, 0.5) is 0 Å². The molecule has 0 aromatic carbocycles. The predicted molar refractivity (Wildman–Crippen MR) is 273 cm³/mol. The van der Waals surface area contributed by atoms with Gasteiger partial charge in [-0.3, -0.25) is 0 Å². The van der Waals surface area contributed by atoms with Crippen molar-refractivity contribution in [2.75, 3.05) is 39.6 Å². The van der Waals surface area contributed by atoms with E-state index in [1.165, 1.54) is 0 Å². The minimum absolute atomic E-state index is 0.00186. The largest absolute Gasteiger partial charge is 0.394 e. The standard InChI is InChI=1S/C55H90O29/c1-19-30-44(84-55(19)9-4-5-11-74-55)36(66)31-21-7-6-20-12-25(23(60)13-54(20,3)22(21)8-10-53(30,31)2)75-49-41(71)38(68)43(29(17-59)79-49)80-52-47(46(35(65)28(16-58)78-52)82-48-39(69)32(62)24(61)18-73-48)83-51-42(72)45(34(64)27(15-57)77-51)81-50-40(70)37(67)33(63)26(14-56)76-50/h19-52,56-72H,4-18H2,1-3H3/t19-,20-,21+,22-,23+,24+,25+,26+,27+,28+,29+,30-,31+,32-,33+,34+,35+,36-,37-,38+,39+,40+,41+,42+,43+,44+,45-,46-,47+,48-,49+,50-,51-,52-,53+,54-,55+/m0/s1. The van der Waals surface area contributed by atoms with E-state index < -0.39 is 205 Å². The van der Waals surface area contributed by atoms with Gasteiger partial charge in [-0.15, -0.1) is 0 Å². The molecule has 7 aliphatic heterocycles. The second kappa shape index (κ2) is 25.1. The van der Waals surface area contributed by atoms with Gasteiger partial charge in [0.1, 0.15) is 116 Å². The van der Waals surface area contributed by atoms with Crippen LogP contribution in [-0.2, 0) is 56.8 Å². The average molecular weight is 1220 g/mol. The maximum Gasteiger partial charge on any atom is 0.187 e. The fraction of sp³-hybridized carbons (Fsp3) is 1.00. The van der Waals surface area contributed by atoms with Crippen molar-refractivity contribution in [3.63, 3.8) is 0 Å². The summed E-state index contributed by atoms with van der Waals surface area (Å²) in [6, 6.07) is 0. The predicted octanol–water partition coefficient (Wildman–Crippen LogP) is -6.75. The summed E-state index contributed by atoms with van der Waals surface area (Å²) >= 11 is 0. The lowest BCUT2D eigenvalue weighted by atomic mass is 9.44. The molecule has 29 heteroatoms. The molecule has 0 aromatic rings. The Morgan fingerprint density at radius 2 is 1.04 bits per heavy atom. The van der Waals surface area contributed by atoms with Crippen molar-refractivity contribution in [1.29, 1.82) is 0 Å². The third kappa shape index (κ3) is 11.0. The summed E-state index contributed by atoms with van der Waals surface area (Å²) < 4.78 is 72.6. The first-order valence-corrected chi connectivity index (χ1v) is 30.1. The van der Waals surface area contributed by atoms with E-state index in [0.717, 1.165) is 44.9 Å². The molecule has 0 radical (unpaired) electrons. The summed E-state index contributed by atoms with van der Waals surface area (Å²) in [5, 5.41) is 188. The van der Waals surface area contributed by atoms with E-state index in [0.29, 0.717) is 19.4 Å². The Morgan fingerprint density at radius 1 is 0.464 bits per heavy atom. The number of hydrogen-bond acceptors (Lipinski definition) is 29. The third-order valence-electron chi connectivity index (χ3n) is 21.8. The van der Waals surface area contributed by atoms with E-state index in [9.17, 15) is 86.8 Å². The molecule has 11 fully saturated rings. The summed E-state index contributed by atoms with van der Waals surface area (Å²) in [5.74, 6) is -0.00104. The van der Waals surface area contributed by atoms with E-state index >= 15 is 0 Å². The van der Waals surface area contributed by atoms with Gasteiger partial charge in [0.05, 0.1) is 64.1 Å². The highest BCUT2D eigenvalue weighted by atomic mass is 16.8. The van der Waals surface area contributed by atoms with Crippen molar-refractivity contribution in [3.05, 3.63) is 0 Å². The topological polar surface area (TPSA) is 455 Å². The van der Waals surface area contributed by atoms with Gasteiger partial charge in [0, 0.05) is 18.3 Å². The van der Waals surface area contributed by atoms with Gasteiger partial charge < -0.3 is 144 Å². The Hall–Kier alpha value is -1.16. The maximum atomic E-state index is 12.3. The first-order valence-electron chi connectivity index (χ1n) is 30.1. The highest BCUT2D eigenvalue weighted by Crippen LogP contribution is 2.71. The number of hydrogen-bond donors (Lipinski definition) is 17. The summed E-state index contributed by atoms with van der Waals surface area (Å²) in [6.07, 6.45) is -41.4. The van der Waals surface area contributed by atoms with Gasteiger partial charge in [-0.1, -0.05) is 20.8 Å². The van der Waals surface area contributed by atoms with Gasteiger partial charge in [-0.2, -0.15) is 0 Å². The third-order valence-corrected chi connectivity index (χ3v) is 21.8. The van der Waals surface area contributed by atoms with E-state index in [1.54, 1.807) is 0 Å². The number of aliphatic hydroxyl groups excluding tert-OH is 17. The minimum Gasteiger partial charge on any atom is -0.394 e. The Morgan fingerprint density at radius 3 is 1.70 bits per heavy atom. The van der Waals surface area contributed by atoms with Gasteiger partial charge in [-0.05, 0) is 85.9 Å². The first kappa shape index (κ1) is 64.4. The van der Waals surface area contributed by atoms with E-state index in [-0.39, 0.29) is 52.4 Å². The van der Waals surface area contributed by atoms with Crippen LogP contribution in [0.1, 0.15) is 78.6 Å². The van der Waals surface area contributed by atoms with E-state index in [4.69, 9.17) is 56.8 Å². The molecule has 4 aliphatic carbocycles. The van der Waals surface area contributed by atoms with Crippen LogP contribution in [0.5, 0.6) is 0 Å². The van der Waals surface area contributed by atoms with Crippen LogP contribution in [0.15, 0.2) is 0 Å². The minimum atomic E-state index is -2.21. The molecule has 7 heterocycles. The maximum absolute atomic E-state index is 12.3. The smallest absolute Gasteiger partial charge is 0.187 e. The molecule has 11 aliphatic rings. The SMILES string of the molecule is C[C@H]1[C@H]2[C@@H](O[C@]13CCCCO3)[C@@H](O)[C@H]1[C@@H]3CC[C@H]4C[C@@H](O[C@@H]5O[C@H](CO)[C@@H](O[C@@H]6O[C@H](CO)[C@@H](O)[C@H](O[C@@H]7OC[C@@H](O)[C@H](O)[C@H]7O)[C@H]6O[C@@H]6O[C@H](CO)[C@@H](O)[C@H](O[C@@H]7O[C@H](CO)[C@@H](O)[C@H](O)[C@H]7O)[C@H]6O)[C@H](O)[C@H]5O)[C@H](O)C[C@]4(C)[C@H]3CC[C@]21C. The van der Waals surface area contributed by atoms with Gasteiger partial charge >= 0.3 is 0 Å². The molecule has 84 heavy (non-hydrogen) atoms. The zero-order chi connectivity index (χ0) is 60.2. The van der Waals surface area contributed by atoms with Crippen LogP contribution < -0.4 is 0 Å². The molecule has 0 amide bonds. The molecule has 29 nitrogen and oxygen atoms in total. The quantitative estimate of drug-likeness (QED) is 0.0719. The van der Waals surface area contributed by atoms with Crippen molar-refractivity contribution in [2.24, 2.45) is 46.3 Å². The molecule has 0 unspecified atom stereocenters. The molecule has 0 bridgehead atoms. The summed E-state index contributed by atoms with van der Waals surface area (Å²) in [4.78, 5) is 0. The van der Waals surface area contributed by atoms with E-state index in [1.807, 2.05) is 0 Å². The normalized spacial score (nSPS) is 57.7. The van der Waals surface area contributed by atoms with Crippen molar-refractivity contribution < 1.29 is 144 Å². The fourth-order valence-electron chi connectivity index (χ4n) is 17.3. The lowest BCUT2D eigenvalue weighted by Crippen LogP contribution is -2.69. The zero-order valence-electron chi connectivity index (χ0n) is 47.2. The van der Waals surface area contributed by atoms with Crippen molar-refractivity contribution in [3.8, 4) is 0 Å². The van der Waals surface area contributed by atoms with E-state index in [2.05, 4.69) is 20.8 Å². The molecule has 1 spiro atoms. The summed E-state index contributed by atoms with van der Waals surface area (Å²) in [6.45, 7) is 3.04. The summed E-state index contributed by atoms with van der Waals surface area (Å²) in [5.41, 5.74) is -0.519. The second-order valence-electron chi connectivity index (χ2n) is 26.3. The Balaban J connectivity index is 0.800. The molecule has 11 rings (SSSR count). The van der Waals surface area contributed by atoms with Gasteiger partial charge in [0.2, 0.25) is 0 Å². The van der Waals surface area contributed by atoms with Crippen LogP contribution in [0, 0.1) is 46.3 Å². The number of fused-ring (bicyclic) bond motifs is 7. The van der Waals surface area contributed by atoms with Crippen molar-refractivity contribution >= 4 is 0 Å². The number of ether oxygens (including phenoxy) is 12. The van der Waals surface area contributed by atoms with Crippen LogP contribution in [0.25, 0.3) is 0 Å². The molecule has 17 N–H and O–H groups in total. The fourth-order valence-corrected chi connectivity index (χ4v) is 17.3. The number of aliphatic hydroxyl groups is 17. The number of rotatable bonds is 14. The summed E-state index contributed by atoms with van der Waals surface area (Å²) in [7, 11) is 0. The van der Waals surface area contributed by atoms with Crippen LogP contribution in [-0.4, -0.2) is 304 Å². The highest BCUT2D eigenvalue weighted by molar-refractivity contribution is 5.19. The van der Waals surface area contributed by atoms with Crippen molar-refractivity contribution in [2.45, 2.75) is 256 Å². The molecular weight excluding hydrogens is 1120 g/mol. The highest BCUT2D eigenvalue weighted by Gasteiger charge is 2.73. The Bertz CT molecular complexity index is 2180. The molecule has 37 atom stereocenters. The lowest BCUT2D eigenvalue weighted by Gasteiger charge is -2.62. The zero-order valence-corrected chi connectivity index (χ0v) is 47.2.